The van der Waals surface area contributed by atoms with Gasteiger partial charge in [0, 0.05) is 12.7 Å². The number of allylic oxidation sites excluding steroid dienone is 1. The maximum Gasteiger partial charge on any atom is 0.351 e. The molecule has 0 rings (SSSR count). The first-order valence-electron chi connectivity index (χ1n) is 4.83. The van der Waals surface area contributed by atoms with Gasteiger partial charge in [-0.2, -0.15) is 0 Å². The Labute approximate surface area is 92.5 Å². The van der Waals surface area contributed by atoms with E-state index in [2.05, 4.69) is 4.99 Å². The summed E-state index contributed by atoms with van der Waals surface area (Å²) in [6, 6.07) is 0. The summed E-state index contributed by atoms with van der Waals surface area (Å²) in [4.78, 5) is 3.95. The molecule has 0 saturated carbocycles. The van der Waals surface area contributed by atoms with Gasteiger partial charge in [-0.15, -0.1) is 0 Å². The monoisotopic (exact) mass is 211 g/mol. The minimum Gasteiger partial charge on any atom is -0.425 e. The first-order chi connectivity index (χ1) is 6.74. The van der Waals surface area contributed by atoms with Crippen molar-refractivity contribution in [1.82, 2.24) is 0 Å². The molecule has 5 heteroatoms. The minimum absolute atomic E-state index is 0.620. The summed E-state index contributed by atoms with van der Waals surface area (Å²) < 4.78 is 5.49. The molecule has 0 saturated heterocycles. The van der Waals surface area contributed by atoms with E-state index in [0.717, 1.165) is 0 Å². The Hall–Kier alpha value is -0.805. The molecule has 0 heterocycles. The van der Waals surface area contributed by atoms with E-state index in [0.29, 0.717) is 5.61 Å². The number of hydrogen-bond donors (Lipinski definition) is 2. The fourth-order valence-electron chi connectivity index (χ4n) is 0.617. The van der Waals surface area contributed by atoms with Gasteiger partial charge >= 0.3 is 7.48 Å². The quantitative estimate of drug-likeness (QED) is 0.518. The van der Waals surface area contributed by atoms with Gasteiger partial charge in [0.15, 0.2) is 0 Å². The summed E-state index contributed by atoms with van der Waals surface area (Å²) in [6.45, 7) is 7.01. The van der Waals surface area contributed by atoms with Crippen LogP contribution in [0.5, 0.6) is 0 Å². The van der Waals surface area contributed by atoms with Crippen LogP contribution in [-0.2, 0) is 4.65 Å². The second-order valence-electron chi connectivity index (χ2n) is 4.31. The number of rotatable bonds is 5. The van der Waals surface area contributed by atoms with Gasteiger partial charge < -0.3 is 20.5 Å². The van der Waals surface area contributed by atoms with E-state index in [9.17, 15) is 5.11 Å². The molecular formula is C10H20BN2O2. The minimum atomic E-state index is -0.936. The zero-order valence-electron chi connectivity index (χ0n) is 10.1. The SMILES string of the molecule is CN=C([B]OC(C)(C)C(C)(C)O)C=CN. The van der Waals surface area contributed by atoms with Crippen molar-refractivity contribution in [2.24, 2.45) is 10.7 Å². The summed E-state index contributed by atoms with van der Waals surface area (Å²) in [5.41, 5.74) is 4.24. The van der Waals surface area contributed by atoms with Gasteiger partial charge in [0.1, 0.15) is 0 Å². The van der Waals surface area contributed by atoms with Crippen LogP contribution >= 0.6 is 0 Å². The van der Waals surface area contributed by atoms with Gasteiger partial charge in [0.2, 0.25) is 0 Å². The third kappa shape index (κ3) is 4.49. The third-order valence-corrected chi connectivity index (χ3v) is 2.47. The zero-order chi connectivity index (χ0) is 12.1. The molecule has 0 bridgehead atoms. The van der Waals surface area contributed by atoms with E-state index in [4.69, 9.17) is 10.4 Å². The lowest BCUT2D eigenvalue weighted by Gasteiger charge is -2.37. The van der Waals surface area contributed by atoms with Crippen molar-refractivity contribution in [2.75, 3.05) is 7.05 Å². The Balaban J connectivity index is 4.39. The Bertz CT molecular complexity index is 255. The van der Waals surface area contributed by atoms with Gasteiger partial charge in [-0.3, -0.25) is 0 Å². The lowest BCUT2D eigenvalue weighted by molar-refractivity contribution is -0.0890. The number of hydrogen-bond acceptors (Lipinski definition) is 4. The summed E-state index contributed by atoms with van der Waals surface area (Å²) >= 11 is 0. The van der Waals surface area contributed by atoms with Crippen molar-refractivity contribution in [3.8, 4) is 0 Å². The number of aliphatic imine (C=N–C) groups is 1. The Morgan fingerprint density at radius 3 is 2.27 bits per heavy atom. The molecule has 0 aliphatic carbocycles. The predicted molar refractivity (Wildman–Crippen MR) is 63.9 cm³/mol. The van der Waals surface area contributed by atoms with E-state index >= 15 is 0 Å². The van der Waals surface area contributed by atoms with Crippen molar-refractivity contribution in [3.63, 3.8) is 0 Å². The largest absolute Gasteiger partial charge is 0.425 e. The van der Waals surface area contributed by atoms with Gasteiger partial charge in [0.25, 0.3) is 0 Å². The van der Waals surface area contributed by atoms with Crippen molar-refractivity contribution >= 4 is 13.1 Å². The summed E-state index contributed by atoms with van der Waals surface area (Å²) in [6.07, 6.45) is 3.01. The van der Waals surface area contributed by atoms with Gasteiger partial charge in [-0.25, -0.2) is 0 Å². The van der Waals surface area contributed by atoms with E-state index in [1.165, 1.54) is 13.7 Å². The second-order valence-corrected chi connectivity index (χ2v) is 4.31. The highest BCUT2D eigenvalue weighted by Gasteiger charge is 2.35. The van der Waals surface area contributed by atoms with E-state index < -0.39 is 11.2 Å². The third-order valence-electron chi connectivity index (χ3n) is 2.47. The normalized spacial score (nSPS) is 14.7. The van der Waals surface area contributed by atoms with Crippen LogP contribution in [0.2, 0.25) is 0 Å². The Morgan fingerprint density at radius 2 is 1.93 bits per heavy atom. The molecule has 0 aliphatic heterocycles. The van der Waals surface area contributed by atoms with E-state index in [1.54, 1.807) is 27.0 Å². The smallest absolute Gasteiger partial charge is 0.351 e. The Morgan fingerprint density at radius 1 is 1.40 bits per heavy atom. The molecule has 0 aliphatic rings. The molecule has 15 heavy (non-hydrogen) atoms. The van der Waals surface area contributed by atoms with E-state index in [-0.39, 0.29) is 0 Å². The van der Waals surface area contributed by atoms with Gasteiger partial charge in [-0.05, 0) is 40.0 Å². The summed E-state index contributed by atoms with van der Waals surface area (Å²) in [5.74, 6) is 0. The molecule has 0 fully saturated rings. The maximum absolute atomic E-state index is 9.83. The highest BCUT2D eigenvalue weighted by molar-refractivity contribution is 6.73. The van der Waals surface area contributed by atoms with Gasteiger partial charge in [0.05, 0.1) is 11.2 Å². The Kier molecular flexibility index (Phi) is 5.04. The number of nitrogens with two attached hydrogens (primary N) is 1. The van der Waals surface area contributed by atoms with Crippen LogP contribution in [0.15, 0.2) is 17.3 Å². The van der Waals surface area contributed by atoms with Crippen LogP contribution in [0.3, 0.4) is 0 Å². The van der Waals surface area contributed by atoms with E-state index in [1.807, 2.05) is 13.8 Å². The topological polar surface area (TPSA) is 67.8 Å². The van der Waals surface area contributed by atoms with Crippen LogP contribution in [0.1, 0.15) is 27.7 Å². The van der Waals surface area contributed by atoms with Crippen molar-refractivity contribution in [1.29, 1.82) is 0 Å². The lowest BCUT2D eigenvalue weighted by atomic mass is 9.84. The first-order valence-corrected chi connectivity index (χ1v) is 4.83. The molecule has 0 atom stereocenters. The highest BCUT2D eigenvalue weighted by atomic mass is 16.5. The zero-order valence-corrected chi connectivity index (χ0v) is 10.1. The molecule has 3 N–H and O–H groups in total. The molecule has 0 amide bonds. The molecule has 0 aromatic heterocycles. The van der Waals surface area contributed by atoms with Crippen LogP contribution < -0.4 is 5.73 Å². The summed E-state index contributed by atoms with van der Waals surface area (Å²) in [7, 11) is 3.13. The molecule has 0 aromatic carbocycles. The maximum atomic E-state index is 9.83. The van der Waals surface area contributed by atoms with Crippen molar-refractivity contribution in [3.05, 3.63) is 12.3 Å². The lowest BCUT2D eigenvalue weighted by Crippen LogP contribution is -2.48. The predicted octanol–water partition coefficient (Wildman–Crippen LogP) is 0.672. The van der Waals surface area contributed by atoms with Crippen LogP contribution in [0.4, 0.5) is 0 Å². The van der Waals surface area contributed by atoms with Crippen LogP contribution in [0.25, 0.3) is 0 Å². The standard InChI is InChI=1S/C10H20BN2O2/c1-9(2,14)10(3,4)15-11-8(13-5)6-7-12/h6-7,14H,12H2,1-5H3. The molecule has 4 nitrogen and oxygen atoms in total. The molecule has 0 unspecified atom stereocenters. The second kappa shape index (κ2) is 5.33. The molecule has 0 spiro atoms. The number of nitrogens with zero attached hydrogens (tertiary/aromatic N) is 1. The average Bonchev–Trinajstić information content (AvgIpc) is 2.10. The average molecular weight is 211 g/mol. The molecular weight excluding hydrogens is 191 g/mol. The first kappa shape index (κ1) is 14.2. The molecule has 85 valence electrons. The molecule has 1 radical (unpaired) electrons. The summed E-state index contributed by atoms with van der Waals surface area (Å²) in [5, 5.41) is 9.83. The highest BCUT2D eigenvalue weighted by Crippen LogP contribution is 2.24. The van der Waals surface area contributed by atoms with Crippen LogP contribution in [0, 0.1) is 0 Å². The van der Waals surface area contributed by atoms with Crippen LogP contribution in [-0.4, -0.2) is 36.4 Å². The van der Waals surface area contributed by atoms with Gasteiger partial charge in [-0.1, -0.05) is 0 Å². The van der Waals surface area contributed by atoms with Crippen molar-refractivity contribution < 1.29 is 9.76 Å². The fraction of sp³-hybridized carbons (Fsp3) is 0.700. The fourth-order valence-corrected chi connectivity index (χ4v) is 0.617. The molecule has 0 aromatic rings. The van der Waals surface area contributed by atoms with Crippen molar-refractivity contribution in [2.45, 2.75) is 38.9 Å². The number of aliphatic hydroxyl groups is 1.